The minimum Gasteiger partial charge on any atom is -0.384 e. The van der Waals surface area contributed by atoms with E-state index in [-0.39, 0.29) is 24.9 Å². The first-order valence-corrected chi connectivity index (χ1v) is 11.0. The van der Waals surface area contributed by atoms with E-state index in [0.717, 1.165) is 19.5 Å². The molecule has 2 saturated heterocycles. The normalized spacial score (nSPS) is 18.8. The van der Waals surface area contributed by atoms with E-state index < -0.39 is 24.0 Å². The average Bonchev–Trinajstić information content (AvgIpc) is 2.78. The van der Waals surface area contributed by atoms with E-state index >= 15 is 0 Å². The molecule has 2 aromatic rings. The number of nitrogens with one attached hydrogen (secondary N) is 2. The maximum absolute atomic E-state index is 13.2. The first kappa shape index (κ1) is 23.4. The standard InChI is InChI=1S/C24H27N5O5/c1-14-17(23(32)28-10-3-11-28)4-2-5-18(14)29-12-13-34-20(24(29)33)19(30)22(31)27-16-8-6-15(7-9-16)21(25)26/h2,4-9,19-20,30H,3,10-13H2,1H3,(H3,25,26)(H,27,31)/t19-,20-/m1/s1. The molecule has 2 atom stereocenters. The lowest BCUT2D eigenvalue weighted by atomic mass is 10.0. The summed E-state index contributed by atoms with van der Waals surface area (Å²) in [6.07, 6.45) is -2.15. The molecule has 0 radical (unpaired) electrons. The van der Waals surface area contributed by atoms with Gasteiger partial charge in [0.2, 0.25) is 0 Å². The molecule has 10 nitrogen and oxygen atoms in total. The molecule has 5 N–H and O–H groups in total. The van der Waals surface area contributed by atoms with Crippen LogP contribution in [0.4, 0.5) is 11.4 Å². The van der Waals surface area contributed by atoms with Crippen molar-refractivity contribution in [3.8, 4) is 0 Å². The van der Waals surface area contributed by atoms with Gasteiger partial charge in [0.1, 0.15) is 5.84 Å². The molecule has 0 unspecified atom stereocenters. The highest BCUT2D eigenvalue weighted by Crippen LogP contribution is 2.28. The molecular formula is C24H27N5O5. The molecule has 0 bridgehead atoms. The molecule has 4 rings (SSSR count). The maximum Gasteiger partial charge on any atom is 0.259 e. The first-order chi connectivity index (χ1) is 16.3. The Labute approximate surface area is 196 Å². The number of rotatable bonds is 6. The zero-order valence-electron chi connectivity index (χ0n) is 18.8. The van der Waals surface area contributed by atoms with E-state index in [9.17, 15) is 19.5 Å². The highest BCUT2D eigenvalue weighted by molar-refractivity contribution is 6.05. The summed E-state index contributed by atoms with van der Waals surface area (Å²) in [5.74, 6) is -1.53. The summed E-state index contributed by atoms with van der Waals surface area (Å²) in [4.78, 5) is 41.8. The van der Waals surface area contributed by atoms with Gasteiger partial charge in [-0.3, -0.25) is 19.8 Å². The second kappa shape index (κ2) is 9.62. The largest absolute Gasteiger partial charge is 0.384 e. The number of nitrogens with two attached hydrogens (primary N) is 1. The fourth-order valence-electron chi connectivity index (χ4n) is 4.00. The summed E-state index contributed by atoms with van der Waals surface area (Å²) in [6.45, 7) is 3.59. The molecule has 3 amide bonds. The quantitative estimate of drug-likeness (QED) is 0.367. The number of carbonyl (C=O) groups excluding carboxylic acids is 3. The van der Waals surface area contributed by atoms with Gasteiger partial charge in [-0.1, -0.05) is 6.07 Å². The minimum atomic E-state index is -1.74. The zero-order valence-corrected chi connectivity index (χ0v) is 18.8. The number of carbonyl (C=O) groups is 3. The second-order valence-electron chi connectivity index (χ2n) is 8.30. The van der Waals surface area contributed by atoms with Crippen molar-refractivity contribution in [1.82, 2.24) is 4.90 Å². The van der Waals surface area contributed by atoms with Gasteiger partial charge in [0.05, 0.1) is 6.61 Å². The SMILES string of the molecule is Cc1c(C(=O)N2CCC2)cccc1N1CCO[C@H]([C@@H](O)C(=O)Nc2ccc(C(=N)N)cc2)C1=O. The maximum atomic E-state index is 13.2. The Morgan fingerprint density at radius 2 is 1.88 bits per heavy atom. The van der Waals surface area contributed by atoms with Gasteiger partial charge in [-0.25, -0.2) is 0 Å². The summed E-state index contributed by atoms with van der Waals surface area (Å²) in [6, 6.07) is 11.4. The molecule has 34 heavy (non-hydrogen) atoms. The summed E-state index contributed by atoms with van der Waals surface area (Å²) in [5.41, 5.74) is 8.04. The molecule has 2 aromatic carbocycles. The average molecular weight is 466 g/mol. The number of hydrogen-bond acceptors (Lipinski definition) is 6. The fraction of sp³-hybridized carbons (Fsp3) is 0.333. The predicted octanol–water partition coefficient (Wildman–Crippen LogP) is 0.856. The third-order valence-corrected chi connectivity index (χ3v) is 6.11. The molecule has 0 aromatic heterocycles. The second-order valence-corrected chi connectivity index (χ2v) is 8.30. The lowest BCUT2D eigenvalue weighted by Gasteiger charge is -2.36. The molecule has 0 aliphatic carbocycles. The van der Waals surface area contributed by atoms with Crippen LogP contribution in [0.15, 0.2) is 42.5 Å². The first-order valence-electron chi connectivity index (χ1n) is 11.0. The van der Waals surface area contributed by atoms with E-state index in [1.807, 2.05) is 0 Å². The lowest BCUT2D eigenvalue weighted by molar-refractivity contribution is -0.150. The van der Waals surface area contributed by atoms with Gasteiger partial charge in [0.15, 0.2) is 12.2 Å². The van der Waals surface area contributed by atoms with Crippen molar-refractivity contribution < 1.29 is 24.2 Å². The van der Waals surface area contributed by atoms with Crippen LogP contribution in [0.25, 0.3) is 0 Å². The smallest absolute Gasteiger partial charge is 0.259 e. The molecule has 2 fully saturated rings. The van der Waals surface area contributed by atoms with Gasteiger partial charge in [-0.15, -0.1) is 0 Å². The van der Waals surface area contributed by atoms with Crippen LogP contribution in [0, 0.1) is 12.3 Å². The Kier molecular flexibility index (Phi) is 6.62. The number of amidine groups is 1. The number of morpholine rings is 1. The van der Waals surface area contributed by atoms with Crippen LogP contribution in [0.2, 0.25) is 0 Å². The van der Waals surface area contributed by atoms with Crippen LogP contribution in [-0.2, 0) is 14.3 Å². The van der Waals surface area contributed by atoms with Crippen molar-refractivity contribution in [3.63, 3.8) is 0 Å². The Morgan fingerprint density at radius 1 is 1.18 bits per heavy atom. The summed E-state index contributed by atoms with van der Waals surface area (Å²) < 4.78 is 5.47. The van der Waals surface area contributed by atoms with E-state index in [2.05, 4.69) is 5.32 Å². The monoisotopic (exact) mass is 465 g/mol. The van der Waals surface area contributed by atoms with Crippen LogP contribution in [-0.4, -0.2) is 72.0 Å². The number of benzene rings is 2. The van der Waals surface area contributed by atoms with Crippen LogP contribution in [0.1, 0.15) is 27.9 Å². The molecule has 2 aliphatic heterocycles. The Balaban J connectivity index is 1.49. The Morgan fingerprint density at radius 3 is 2.50 bits per heavy atom. The van der Waals surface area contributed by atoms with Crippen LogP contribution in [0.5, 0.6) is 0 Å². The highest BCUT2D eigenvalue weighted by atomic mass is 16.5. The topological polar surface area (TPSA) is 149 Å². The van der Waals surface area contributed by atoms with E-state index in [1.54, 1.807) is 54.3 Å². The third-order valence-electron chi connectivity index (χ3n) is 6.11. The van der Waals surface area contributed by atoms with Crippen molar-refractivity contribution in [2.24, 2.45) is 5.73 Å². The number of hydrogen-bond donors (Lipinski definition) is 4. The Hall–Kier alpha value is -3.76. The minimum absolute atomic E-state index is 0.0712. The Bertz CT molecular complexity index is 1130. The number of ether oxygens (including phenoxy) is 1. The number of anilines is 2. The number of amides is 3. The van der Waals surface area contributed by atoms with Crippen molar-refractivity contribution in [2.45, 2.75) is 25.6 Å². The zero-order chi connectivity index (χ0) is 24.4. The number of aliphatic hydroxyl groups is 1. The molecule has 2 aliphatic rings. The van der Waals surface area contributed by atoms with Crippen LogP contribution in [0.3, 0.4) is 0 Å². The number of likely N-dealkylation sites (tertiary alicyclic amines) is 1. The summed E-state index contributed by atoms with van der Waals surface area (Å²) >= 11 is 0. The van der Waals surface area contributed by atoms with Gasteiger partial charge >= 0.3 is 0 Å². The molecule has 0 saturated carbocycles. The van der Waals surface area contributed by atoms with Gasteiger partial charge in [0.25, 0.3) is 17.7 Å². The number of nitrogens with zero attached hydrogens (tertiary/aromatic N) is 2. The van der Waals surface area contributed by atoms with E-state index in [0.29, 0.717) is 28.1 Å². The van der Waals surface area contributed by atoms with Gasteiger partial charge in [-0.05, 0) is 55.3 Å². The van der Waals surface area contributed by atoms with Gasteiger partial charge < -0.3 is 30.7 Å². The van der Waals surface area contributed by atoms with Gasteiger partial charge in [0, 0.05) is 42.1 Å². The molecular weight excluding hydrogens is 438 g/mol. The number of nitrogen functional groups attached to an aromatic ring is 1. The van der Waals surface area contributed by atoms with Crippen molar-refractivity contribution in [1.29, 1.82) is 5.41 Å². The van der Waals surface area contributed by atoms with Crippen LogP contribution >= 0.6 is 0 Å². The molecule has 2 heterocycles. The summed E-state index contributed by atoms with van der Waals surface area (Å²) in [5, 5.41) is 20.6. The fourth-order valence-corrected chi connectivity index (χ4v) is 4.00. The van der Waals surface area contributed by atoms with Crippen molar-refractivity contribution in [3.05, 3.63) is 59.2 Å². The summed E-state index contributed by atoms with van der Waals surface area (Å²) in [7, 11) is 0. The van der Waals surface area contributed by atoms with Crippen molar-refractivity contribution in [2.75, 3.05) is 36.5 Å². The lowest BCUT2D eigenvalue weighted by Crippen LogP contribution is -2.55. The highest BCUT2D eigenvalue weighted by Gasteiger charge is 2.40. The number of aliphatic hydroxyl groups excluding tert-OH is 1. The van der Waals surface area contributed by atoms with Crippen molar-refractivity contribution >= 4 is 34.9 Å². The molecule has 10 heteroatoms. The molecule has 0 spiro atoms. The van der Waals surface area contributed by atoms with Gasteiger partial charge in [-0.2, -0.15) is 0 Å². The predicted molar refractivity (Wildman–Crippen MR) is 126 cm³/mol. The van der Waals surface area contributed by atoms with Crippen LogP contribution < -0.4 is 16.0 Å². The van der Waals surface area contributed by atoms with E-state index in [4.69, 9.17) is 15.9 Å². The molecule has 178 valence electrons. The third kappa shape index (κ3) is 4.50. The van der Waals surface area contributed by atoms with E-state index in [1.165, 1.54) is 4.90 Å².